The van der Waals surface area contributed by atoms with Crippen LogP contribution in [-0.4, -0.2) is 25.7 Å². The average molecular weight is 258 g/mol. The summed E-state index contributed by atoms with van der Waals surface area (Å²) in [5.41, 5.74) is 5.82. The van der Waals surface area contributed by atoms with Crippen molar-refractivity contribution >= 4 is 5.91 Å². The van der Waals surface area contributed by atoms with E-state index in [0.29, 0.717) is 19.7 Å². The lowest BCUT2D eigenvalue weighted by molar-refractivity contribution is -0.122. The summed E-state index contributed by atoms with van der Waals surface area (Å²) in [4.78, 5) is 10.4. The van der Waals surface area contributed by atoms with Gasteiger partial charge in [-0.2, -0.15) is 0 Å². The van der Waals surface area contributed by atoms with E-state index in [1.54, 1.807) is 12.1 Å². The normalized spacial score (nSPS) is 10.8. The van der Waals surface area contributed by atoms with Gasteiger partial charge in [0.05, 0.1) is 6.61 Å². The van der Waals surface area contributed by atoms with Crippen molar-refractivity contribution in [3.05, 3.63) is 35.4 Å². The number of ether oxygens (including phenoxy) is 1. The van der Waals surface area contributed by atoms with Gasteiger partial charge in [0.25, 0.3) is 6.43 Å². The first-order valence-electron chi connectivity index (χ1n) is 5.53. The lowest BCUT2D eigenvalue weighted by atomic mass is 10.1. The van der Waals surface area contributed by atoms with E-state index in [-0.39, 0.29) is 12.2 Å². The van der Waals surface area contributed by atoms with Crippen LogP contribution in [-0.2, 0) is 16.1 Å². The largest absolute Gasteiger partial charge is 0.370 e. The van der Waals surface area contributed by atoms with Crippen LogP contribution in [0.15, 0.2) is 24.3 Å². The number of carbonyl (C=O) groups excluding carboxylic acids is 1. The van der Waals surface area contributed by atoms with Crippen LogP contribution in [0.3, 0.4) is 0 Å². The standard InChI is InChI=1S/C12H16F2N2O2/c13-12(14)10-3-1-9(2-4-10)7-16-5-6-18-8-11(15)17/h1-4,12,16H,5-8H2,(H2,15,17). The highest BCUT2D eigenvalue weighted by Crippen LogP contribution is 2.18. The summed E-state index contributed by atoms with van der Waals surface area (Å²) in [5.74, 6) is -0.502. The Bertz CT molecular complexity index is 369. The van der Waals surface area contributed by atoms with Gasteiger partial charge in [0.15, 0.2) is 0 Å². The number of hydrogen-bond donors (Lipinski definition) is 2. The number of benzene rings is 1. The first kappa shape index (κ1) is 14.5. The molecule has 18 heavy (non-hydrogen) atoms. The molecule has 6 heteroatoms. The van der Waals surface area contributed by atoms with Gasteiger partial charge < -0.3 is 15.8 Å². The highest BCUT2D eigenvalue weighted by Gasteiger charge is 2.05. The van der Waals surface area contributed by atoms with Crippen LogP contribution in [0.5, 0.6) is 0 Å². The molecule has 0 saturated heterocycles. The van der Waals surface area contributed by atoms with Crippen LogP contribution >= 0.6 is 0 Å². The molecular formula is C12H16F2N2O2. The molecule has 100 valence electrons. The van der Waals surface area contributed by atoms with Gasteiger partial charge >= 0.3 is 0 Å². The topological polar surface area (TPSA) is 64.4 Å². The van der Waals surface area contributed by atoms with Crippen molar-refractivity contribution < 1.29 is 18.3 Å². The zero-order valence-electron chi connectivity index (χ0n) is 9.86. The zero-order valence-corrected chi connectivity index (χ0v) is 9.86. The summed E-state index contributed by atoms with van der Waals surface area (Å²) >= 11 is 0. The lowest BCUT2D eigenvalue weighted by Gasteiger charge is -2.06. The summed E-state index contributed by atoms with van der Waals surface area (Å²) in [5, 5.41) is 3.06. The molecule has 0 atom stereocenters. The molecule has 0 heterocycles. The highest BCUT2D eigenvalue weighted by molar-refractivity contribution is 5.74. The van der Waals surface area contributed by atoms with E-state index in [9.17, 15) is 13.6 Å². The molecule has 1 aromatic rings. The predicted molar refractivity (Wildman–Crippen MR) is 63.1 cm³/mol. The summed E-state index contributed by atoms with van der Waals surface area (Å²) in [6.07, 6.45) is -2.44. The van der Waals surface area contributed by atoms with Gasteiger partial charge in [-0.1, -0.05) is 24.3 Å². The van der Waals surface area contributed by atoms with Gasteiger partial charge in [0.2, 0.25) is 5.91 Å². The van der Waals surface area contributed by atoms with Crippen molar-refractivity contribution in [2.24, 2.45) is 5.73 Å². The molecule has 0 spiro atoms. The van der Waals surface area contributed by atoms with Gasteiger partial charge in [-0.25, -0.2) is 8.78 Å². The molecule has 0 aliphatic carbocycles. The fourth-order valence-electron chi connectivity index (χ4n) is 1.33. The maximum atomic E-state index is 12.3. The Kier molecular flexibility index (Phi) is 6.24. The Hall–Kier alpha value is -1.53. The Balaban J connectivity index is 2.17. The van der Waals surface area contributed by atoms with Crippen LogP contribution in [0.25, 0.3) is 0 Å². The number of rotatable bonds is 8. The van der Waals surface area contributed by atoms with Crippen molar-refractivity contribution in [2.45, 2.75) is 13.0 Å². The minimum Gasteiger partial charge on any atom is -0.370 e. The number of amides is 1. The van der Waals surface area contributed by atoms with E-state index < -0.39 is 12.3 Å². The number of halogens is 2. The number of primary amides is 1. The average Bonchev–Trinajstić information content (AvgIpc) is 2.34. The molecule has 1 amide bonds. The molecule has 0 fully saturated rings. The molecule has 3 N–H and O–H groups in total. The summed E-state index contributed by atoms with van der Waals surface area (Å²) in [7, 11) is 0. The predicted octanol–water partition coefficient (Wildman–Crippen LogP) is 1.22. The van der Waals surface area contributed by atoms with Crippen molar-refractivity contribution in [3.8, 4) is 0 Å². The number of carbonyl (C=O) groups is 1. The fraction of sp³-hybridized carbons (Fsp3) is 0.417. The van der Waals surface area contributed by atoms with E-state index in [2.05, 4.69) is 5.32 Å². The first-order valence-corrected chi connectivity index (χ1v) is 5.53. The second kappa shape index (κ2) is 7.73. The third kappa shape index (κ3) is 5.70. The van der Waals surface area contributed by atoms with Crippen LogP contribution in [0.1, 0.15) is 17.6 Å². The second-order valence-corrected chi connectivity index (χ2v) is 3.74. The minimum atomic E-state index is -2.44. The Morgan fingerprint density at radius 2 is 2.00 bits per heavy atom. The molecule has 0 radical (unpaired) electrons. The van der Waals surface area contributed by atoms with Gasteiger partial charge in [-0.15, -0.1) is 0 Å². The molecule has 0 aliphatic heterocycles. The second-order valence-electron chi connectivity index (χ2n) is 3.74. The van der Waals surface area contributed by atoms with Crippen molar-refractivity contribution in [3.63, 3.8) is 0 Å². The molecule has 0 aliphatic rings. The van der Waals surface area contributed by atoms with E-state index >= 15 is 0 Å². The third-order valence-electron chi connectivity index (χ3n) is 2.23. The Labute approximate surface area is 104 Å². The van der Waals surface area contributed by atoms with Crippen LogP contribution in [0, 0.1) is 0 Å². The Morgan fingerprint density at radius 1 is 1.33 bits per heavy atom. The zero-order chi connectivity index (χ0) is 13.4. The number of nitrogens with two attached hydrogens (primary N) is 1. The number of alkyl halides is 2. The van der Waals surface area contributed by atoms with Crippen molar-refractivity contribution in [2.75, 3.05) is 19.8 Å². The van der Waals surface area contributed by atoms with Crippen LogP contribution in [0.4, 0.5) is 8.78 Å². The lowest BCUT2D eigenvalue weighted by Crippen LogP contribution is -2.23. The fourth-order valence-corrected chi connectivity index (χ4v) is 1.33. The smallest absolute Gasteiger partial charge is 0.263 e. The first-order chi connectivity index (χ1) is 8.59. The van der Waals surface area contributed by atoms with Gasteiger partial charge in [0, 0.05) is 18.7 Å². The quantitative estimate of drug-likeness (QED) is 0.689. The van der Waals surface area contributed by atoms with Crippen molar-refractivity contribution in [1.29, 1.82) is 0 Å². The van der Waals surface area contributed by atoms with Gasteiger partial charge in [-0.3, -0.25) is 4.79 Å². The SMILES string of the molecule is NC(=O)COCCNCc1ccc(C(F)F)cc1. The molecule has 1 aromatic carbocycles. The van der Waals surface area contributed by atoms with E-state index in [1.807, 2.05) is 0 Å². The highest BCUT2D eigenvalue weighted by atomic mass is 19.3. The van der Waals surface area contributed by atoms with Crippen LogP contribution in [0.2, 0.25) is 0 Å². The van der Waals surface area contributed by atoms with Gasteiger partial charge in [0.1, 0.15) is 6.61 Å². The summed E-state index contributed by atoms with van der Waals surface area (Å²) in [6.45, 7) is 1.40. The summed E-state index contributed by atoms with van der Waals surface area (Å²) in [6, 6.07) is 6.12. The van der Waals surface area contributed by atoms with Gasteiger partial charge in [-0.05, 0) is 5.56 Å². The number of nitrogens with one attached hydrogen (secondary N) is 1. The van der Waals surface area contributed by atoms with E-state index in [4.69, 9.17) is 10.5 Å². The molecule has 4 nitrogen and oxygen atoms in total. The third-order valence-corrected chi connectivity index (χ3v) is 2.23. The van der Waals surface area contributed by atoms with E-state index in [1.165, 1.54) is 12.1 Å². The monoisotopic (exact) mass is 258 g/mol. The molecular weight excluding hydrogens is 242 g/mol. The van der Waals surface area contributed by atoms with Crippen LogP contribution < -0.4 is 11.1 Å². The Morgan fingerprint density at radius 3 is 2.56 bits per heavy atom. The molecule has 0 bridgehead atoms. The van der Waals surface area contributed by atoms with E-state index in [0.717, 1.165) is 5.56 Å². The summed E-state index contributed by atoms with van der Waals surface area (Å²) < 4.78 is 29.5. The maximum Gasteiger partial charge on any atom is 0.263 e. The molecule has 0 unspecified atom stereocenters. The maximum absolute atomic E-state index is 12.3. The minimum absolute atomic E-state index is 0.0172. The molecule has 0 saturated carbocycles. The molecule has 0 aromatic heterocycles. The van der Waals surface area contributed by atoms with Crippen molar-refractivity contribution in [1.82, 2.24) is 5.32 Å². The molecule has 1 rings (SSSR count). The number of hydrogen-bond acceptors (Lipinski definition) is 3.